The number of aromatic nitrogens is 2. The van der Waals surface area contributed by atoms with Gasteiger partial charge in [0.05, 0.1) is 6.26 Å². The molecule has 1 N–H and O–H groups in total. The first-order valence-corrected chi connectivity index (χ1v) is 7.19. The lowest BCUT2D eigenvalue weighted by Gasteiger charge is -2.15. The van der Waals surface area contributed by atoms with E-state index in [4.69, 9.17) is 4.42 Å². The SMILES string of the molecule is Cc1cc(C(C)C)nc(NC(C)CCc2ccco2)n1. The molecule has 2 aromatic heterocycles. The summed E-state index contributed by atoms with van der Waals surface area (Å²) in [7, 11) is 0. The monoisotopic (exact) mass is 273 g/mol. The maximum atomic E-state index is 5.34. The van der Waals surface area contributed by atoms with Crippen LogP contribution in [0.5, 0.6) is 0 Å². The number of anilines is 1. The molecule has 1 atom stereocenters. The van der Waals surface area contributed by atoms with E-state index in [1.807, 2.05) is 25.1 Å². The number of nitrogens with one attached hydrogen (secondary N) is 1. The van der Waals surface area contributed by atoms with Crippen molar-refractivity contribution in [3.8, 4) is 0 Å². The second-order valence-electron chi connectivity index (χ2n) is 5.58. The zero-order valence-electron chi connectivity index (χ0n) is 12.7. The van der Waals surface area contributed by atoms with Gasteiger partial charge < -0.3 is 9.73 Å². The van der Waals surface area contributed by atoms with Crippen LogP contribution in [0.2, 0.25) is 0 Å². The standard InChI is InChI=1S/C16H23N3O/c1-11(2)15-10-13(4)18-16(19-15)17-12(3)7-8-14-6-5-9-20-14/h5-6,9-12H,7-8H2,1-4H3,(H,17,18,19). The molecule has 0 aliphatic carbocycles. The Morgan fingerprint density at radius 3 is 2.70 bits per heavy atom. The Hall–Kier alpha value is -1.84. The summed E-state index contributed by atoms with van der Waals surface area (Å²) in [5.41, 5.74) is 2.09. The minimum atomic E-state index is 0.307. The van der Waals surface area contributed by atoms with Crippen molar-refractivity contribution < 1.29 is 4.42 Å². The highest BCUT2D eigenvalue weighted by Crippen LogP contribution is 2.15. The lowest BCUT2D eigenvalue weighted by atomic mass is 10.1. The Kier molecular flexibility index (Phi) is 4.77. The van der Waals surface area contributed by atoms with Gasteiger partial charge in [0.1, 0.15) is 5.76 Å². The summed E-state index contributed by atoms with van der Waals surface area (Å²) < 4.78 is 5.34. The molecular formula is C16H23N3O. The normalized spacial score (nSPS) is 12.7. The van der Waals surface area contributed by atoms with Gasteiger partial charge in [-0.2, -0.15) is 0 Å². The van der Waals surface area contributed by atoms with Gasteiger partial charge >= 0.3 is 0 Å². The Labute approximate surface area is 120 Å². The molecule has 0 fully saturated rings. The van der Waals surface area contributed by atoms with Crippen LogP contribution in [0.1, 0.15) is 50.3 Å². The second kappa shape index (κ2) is 6.55. The Balaban J connectivity index is 1.95. The van der Waals surface area contributed by atoms with E-state index in [2.05, 4.69) is 36.1 Å². The van der Waals surface area contributed by atoms with Crippen molar-refractivity contribution in [3.05, 3.63) is 41.6 Å². The zero-order valence-corrected chi connectivity index (χ0v) is 12.7. The van der Waals surface area contributed by atoms with Crippen LogP contribution in [-0.2, 0) is 6.42 Å². The second-order valence-corrected chi connectivity index (χ2v) is 5.58. The lowest BCUT2D eigenvalue weighted by Crippen LogP contribution is -2.18. The summed E-state index contributed by atoms with van der Waals surface area (Å²) in [5.74, 6) is 2.16. The van der Waals surface area contributed by atoms with Crippen LogP contribution >= 0.6 is 0 Å². The van der Waals surface area contributed by atoms with Gasteiger partial charge in [-0.05, 0) is 44.4 Å². The van der Waals surface area contributed by atoms with Crippen LogP contribution in [0.4, 0.5) is 5.95 Å². The van der Waals surface area contributed by atoms with Crippen LogP contribution in [0, 0.1) is 6.92 Å². The van der Waals surface area contributed by atoms with Crippen LogP contribution in [-0.4, -0.2) is 16.0 Å². The number of furan rings is 1. The molecule has 0 bridgehead atoms. The van der Waals surface area contributed by atoms with Gasteiger partial charge in [-0.3, -0.25) is 0 Å². The fraction of sp³-hybridized carbons (Fsp3) is 0.500. The van der Waals surface area contributed by atoms with Crippen LogP contribution in [0.15, 0.2) is 28.9 Å². The van der Waals surface area contributed by atoms with Crippen molar-refractivity contribution in [3.63, 3.8) is 0 Å². The summed E-state index contributed by atoms with van der Waals surface area (Å²) in [5, 5.41) is 3.38. The fourth-order valence-corrected chi connectivity index (χ4v) is 2.06. The summed E-state index contributed by atoms with van der Waals surface area (Å²) in [6.07, 6.45) is 3.62. The third-order valence-electron chi connectivity index (χ3n) is 3.24. The fourth-order valence-electron chi connectivity index (χ4n) is 2.06. The number of rotatable bonds is 6. The van der Waals surface area contributed by atoms with Gasteiger partial charge in [-0.1, -0.05) is 13.8 Å². The van der Waals surface area contributed by atoms with E-state index in [1.165, 1.54) is 0 Å². The molecule has 0 saturated heterocycles. The molecule has 20 heavy (non-hydrogen) atoms. The predicted octanol–water partition coefficient (Wildman–Crippen LogP) is 3.93. The third-order valence-corrected chi connectivity index (χ3v) is 3.24. The van der Waals surface area contributed by atoms with Crippen LogP contribution < -0.4 is 5.32 Å². The zero-order chi connectivity index (χ0) is 14.5. The van der Waals surface area contributed by atoms with E-state index in [0.29, 0.717) is 12.0 Å². The van der Waals surface area contributed by atoms with Crippen LogP contribution in [0.3, 0.4) is 0 Å². The molecule has 2 aromatic rings. The molecule has 1 unspecified atom stereocenters. The summed E-state index contributed by atoms with van der Waals surface area (Å²) >= 11 is 0. The molecule has 4 nitrogen and oxygen atoms in total. The average Bonchev–Trinajstić information content (AvgIpc) is 2.88. The van der Waals surface area contributed by atoms with E-state index >= 15 is 0 Å². The maximum absolute atomic E-state index is 5.34. The molecule has 108 valence electrons. The van der Waals surface area contributed by atoms with E-state index in [-0.39, 0.29) is 0 Å². The van der Waals surface area contributed by atoms with Crippen molar-refractivity contribution in [2.45, 2.75) is 52.5 Å². The highest BCUT2D eigenvalue weighted by molar-refractivity contribution is 5.30. The van der Waals surface area contributed by atoms with Crippen molar-refractivity contribution in [1.29, 1.82) is 0 Å². The number of aryl methyl sites for hydroxylation is 2. The molecule has 4 heteroatoms. The van der Waals surface area contributed by atoms with Crippen molar-refractivity contribution in [2.75, 3.05) is 5.32 Å². The Morgan fingerprint density at radius 2 is 2.05 bits per heavy atom. The summed E-state index contributed by atoms with van der Waals surface area (Å²) in [4.78, 5) is 9.03. The molecule has 2 rings (SSSR count). The molecule has 0 amide bonds. The first-order chi connectivity index (χ1) is 9.54. The Morgan fingerprint density at radius 1 is 1.25 bits per heavy atom. The average molecular weight is 273 g/mol. The van der Waals surface area contributed by atoms with Crippen molar-refractivity contribution in [2.24, 2.45) is 0 Å². The molecule has 2 heterocycles. The van der Waals surface area contributed by atoms with E-state index in [9.17, 15) is 0 Å². The molecule has 0 saturated carbocycles. The van der Waals surface area contributed by atoms with Crippen molar-refractivity contribution in [1.82, 2.24) is 9.97 Å². The maximum Gasteiger partial charge on any atom is 0.223 e. The van der Waals surface area contributed by atoms with E-state index in [1.54, 1.807) is 6.26 Å². The lowest BCUT2D eigenvalue weighted by molar-refractivity contribution is 0.494. The Bertz CT molecular complexity index is 535. The molecule has 0 spiro atoms. The van der Waals surface area contributed by atoms with Gasteiger partial charge in [0.15, 0.2) is 0 Å². The van der Waals surface area contributed by atoms with Gasteiger partial charge in [-0.15, -0.1) is 0 Å². The number of hydrogen-bond donors (Lipinski definition) is 1. The topological polar surface area (TPSA) is 51.0 Å². The first kappa shape index (κ1) is 14.6. The molecule has 0 aliphatic heterocycles. The molecule has 0 radical (unpaired) electrons. The minimum absolute atomic E-state index is 0.307. The molecule has 0 aromatic carbocycles. The first-order valence-electron chi connectivity index (χ1n) is 7.19. The molecule has 0 aliphatic rings. The van der Waals surface area contributed by atoms with Gasteiger partial charge in [0.25, 0.3) is 0 Å². The minimum Gasteiger partial charge on any atom is -0.469 e. The van der Waals surface area contributed by atoms with Gasteiger partial charge in [0, 0.05) is 23.9 Å². The molecular weight excluding hydrogens is 250 g/mol. The summed E-state index contributed by atoms with van der Waals surface area (Å²) in [6, 6.07) is 6.28. The van der Waals surface area contributed by atoms with Gasteiger partial charge in [0.2, 0.25) is 5.95 Å². The van der Waals surface area contributed by atoms with Gasteiger partial charge in [-0.25, -0.2) is 9.97 Å². The summed E-state index contributed by atoms with van der Waals surface area (Å²) in [6.45, 7) is 8.44. The van der Waals surface area contributed by atoms with Crippen LogP contribution in [0.25, 0.3) is 0 Å². The quantitative estimate of drug-likeness (QED) is 0.866. The third kappa shape index (κ3) is 4.08. The highest BCUT2D eigenvalue weighted by atomic mass is 16.3. The number of hydrogen-bond acceptors (Lipinski definition) is 4. The van der Waals surface area contributed by atoms with E-state index < -0.39 is 0 Å². The highest BCUT2D eigenvalue weighted by Gasteiger charge is 2.09. The predicted molar refractivity (Wildman–Crippen MR) is 81.0 cm³/mol. The largest absolute Gasteiger partial charge is 0.469 e. The number of nitrogens with zero attached hydrogens (tertiary/aromatic N) is 2. The van der Waals surface area contributed by atoms with E-state index in [0.717, 1.165) is 35.9 Å². The van der Waals surface area contributed by atoms with Crippen molar-refractivity contribution >= 4 is 5.95 Å². The smallest absolute Gasteiger partial charge is 0.223 e.